The Hall–Kier alpha value is -0.780. The maximum atomic E-state index is 5.55. The second-order valence-corrected chi connectivity index (χ2v) is 6.41. The van der Waals surface area contributed by atoms with Gasteiger partial charge in [-0.05, 0) is 42.8 Å². The summed E-state index contributed by atoms with van der Waals surface area (Å²) in [5.41, 5.74) is 7.03. The Balaban J connectivity index is 1.90. The van der Waals surface area contributed by atoms with Crippen molar-refractivity contribution in [2.24, 2.45) is 5.73 Å². The number of fused-ring (bicyclic) bond motifs is 1. The molecular weight excluding hydrogens is 250 g/mol. The van der Waals surface area contributed by atoms with E-state index in [0.29, 0.717) is 12.5 Å². The van der Waals surface area contributed by atoms with Crippen molar-refractivity contribution in [1.29, 1.82) is 0 Å². The summed E-state index contributed by atoms with van der Waals surface area (Å²) in [5.74, 6) is 0.481. The number of nitrogens with two attached hydrogens (primary N) is 1. The van der Waals surface area contributed by atoms with E-state index in [1.54, 1.807) is 11.3 Å². The summed E-state index contributed by atoms with van der Waals surface area (Å²) in [5, 5.41) is 13.0. The van der Waals surface area contributed by atoms with Crippen molar-refractivity contribution in [3.63, 3.8) is 0 Å². The number of hydrogen-bond acceptors (Lipinski definition) is 5. The van der Waals surface area contributed by atoms with Gasteiger partial charge in [-0.25, -0.2) is 0 Å². The van der Waals surface area contributed by atoms with Crippen LogP contribution in [0.5, 0.6) is 0 Å². The molecule has 1 aliphatic rings. The van der Waals surface area contributed by atoms with Crippen LogP contribution in [-0.4, -0.2) is 16.7 Å². The Bertz CT molecular complexity index is 503. The Morgan fingerprint density at radius 2 is 2.35 bits per heavy atom. The molecule has 0 amide bonds. The van der Waals surface area contributed by atoms with E-state index in [4.69, 9.17) is 5.73 Å². The first-order valence-electron chi connectivity index (χ1n) is 5.97. The van der Waals surface area contributed by atoms with E-state index in [1.807, 2.05) is 11.3 Å². The number of aryl methyl sites for hydroxylation is 1. The quantitative estimate of drug-likeness (QED) is 0.928. The van der Waals surface area contributed by atoms with Crippen LogP contribution in [0.4, 0.5) is 0 Å². The van der Waals surface area contributed by atoms with Gasteiger partial charge in [0.05, 0.1) is 0 Å². The first-order valence-corrected chi connectivity index (χ1v) is 7.66. The van der Waals surface area contributed by atoms with Crippen molar-refractivity contribution in [2.45, 2.75) is 31.6 Å². The third-order valence-corrected chi connectivity index (χ3v) is 5.28. The molecule has 90 valence electrons. The van der Waals surface area contributed by atoms with Crippen molar-refractivity contribution in [1.82, 2.24) is 10.2 Å². The minimum Gasteiger partial charge on any atom is -0.330 e. The minimum absolute atomic E-state index is 0.481. The SMILES string of the molecule is NCCc1nnc(C2CCCc3sccc32)s1. The smallest absolute Gasteiger partial charge is 0.124 e. The van der Waals surface area contributed by atoms with Gasteiger partial charge in [0.1, 0.15) is 10.0 Å². The highest BCUT2D eigenvalue weighted by Gasteiger charge is 2.25. The molecule has 0 saturated heterocycles. The fourth-order valence-corrected chi connectivity index (χ4v) is 4.37. The van der Waals surface area contributed by atoms with Crippen LogP contribution in [0.3, 0.4) is 0 Å². The van der Waals surface area contributed by atoms with Crippen molar-refractivity contribution in [3.05, 3.63) is 31.9 Å². The zero-order chi connectivity index (χ0) is 11.7. The lowest BCUT2D eigenvalue weighted by molar-refractivity contribution is 0.617. The molecular formula is C12H15N3S2. The molecule has 0 bridgehead atoms. The second-order valence-electron chi connectivity index (χ2n) is 4.32. The van der Waals surface area contributed by atoms with E-state index in [-0.39, 0.29) is 0 Å². The van der Waals surface area contributed by atoms with Crippen LogP contribution >= 0.6 is 22.7 Å². The fraction of sp³-hybridized carbons (Fsp3) is 0.500. The Labute approximate surface area is 109 Å². The number of aromatic nitrogens is 2. The van der Waals surface area contributed by atoms with Crippen molar-refractivity contribution >= 4 is 22.7 Å². The van der Waals surface area contributed by atoms with Gasteiger partial charge in [-0.1, -0.05) is 0 Å². The molecule has 2 aromatic heterocycles. The maximum absolute atomic E-state index is 5.55. The van der Waals surface area contributed by atoms with Gasteiger partial charge in [-0.3, -0.25) is 0 Å². The second kappa shape index (κ2) is 4.84. The third kappa shape index (κ3) is 2.14. The Kier molecular flexibility index (Phi) is 3.22. The molecule has 0 saturated carbocycles. The molecule has 0 spiro atoms. The number of nitrogens with zero attached hydrogens (tertiary/aromatic N) is 2. The molecule has 2 heterocycles. The Morgan fingerprint density at radius 3 is 3.24 bits per heavy atom. The molecule has 2 aromatic rings. The van der Waals surface area contributed by atoms with Crippen molar-refractivity contribution in [3.8, 4) is 0 Å². The van der Waals surface area contributed by atoms with E-state index in [9.17, 15) is 0 Å². The molecule has 0 radical (unpaired) electrons. The van der Waals surface area contributed by atoms with E-state index < -0.39 is 0 Å². The van der Waals surface area contributed by atoms with Gasteiger partial charge in [-0.15, -0.1) is 32.9 Å². The largest absolute Gasteiger partial charge is 0.330 e. The summed E-state index contributed by atoms with van der Waals surface area (Å²) >= 11 is 3.61. The highest BCUT2D eigenvalue weighted by Crippen LogP contribution is 2.39. The average Bonchev–Trinajstić information content (AvgIpc) is 2.96. The van der Waals surface area contributed by atoms with Crippen LogP contribution in [0.2, 0.25) is 0 Å². The van der Waals surface area contributed by atoms with Gasteiger partial charge < -0.3 is 5.73 Å². The van der Waals surface area contributed by atoms with Crippen molar-refractivity contribution < 1.29 is 0 Å². The van der Waals surface area contributed by atoms with Gasteiger partial charge in [0.2, 0.25) is 0 Å². The summed E-state index contributed by atoms with van der Waals surface area (Å²) in [6, 6.07) is 2.26. The molecule has 17 heavy (non-hydrogen) atoms. The van der Waals surface area contributed by atoms with Crippen LogP contribution in [0.1, 0.15) is 39.2 Å². The summed E-state index contributed by atoms with van der Waals surface area (Å²) in [6.45, 7) is 0.656. The summed E-state index contributed by atoms with van der Waals surface area (Å²) < 4.78 is 0. The van der Waals surface area contributed by atoms with Gasteiger partial charge in [0.25, 0.3) is 0 Å². The maximum Gasteiger partial charge on any atom is 0.124 e. The fourth-order valence-electron chi connectivity index (χ4n) is 2.37. The summed E-state index contributed by atoms with van der Waals surface area (Å²) in [7, 11) is 0. The molecule has 5 heteroatoms. The first-order chi connectivity index (χ1) is 8.38. The van der Waals surface area contributed by atoms with Gasteiger partial charge >= 0.3 is 0 Å². The average molecular weight is 265 g/mol. The number of rotatable bonds is 3. The topological polar surface area (TPSA) is 51.8 Å². The predicted molar refractivity (Wildman–Crippen MR) is 71.8 cm³/mol. The third-order valence-electron chi connectivity index (χ3n) is 3.19. The first kappa shape index (κ1) is 11.3. The normalized spacial score (nSPS) is 19.2. The van der Waals surface area contributed by atoms with Crippen molar-refractivity contribution in [2.75, 3.05) is 6.54 Å². The van der Waals surface area contributed by atoms with Crippen LogP contribution in [0.25, 0.3) is 0 Å². The van der Waals surface area contributed by atoms with Gasteiger partial charge in [-0.2, -0.15) is 0 Å². The van der Waals surface area contributed by atoms with Crippen LogP contribution < -0.4 is 5.73 Å². The van der Waals surface area contributed by atoms with E-state index in [1.165, 1.54) is 34.7 Å². The highest BCUT2D eigenvalue weighted by atomic mass is 32.1. The standard InChI is InChI=1S/C12H15N3S2/c13-6-4-11-14-15-12(17-11)9-2-1-3-10-8(9)5-7-16-10/h5,7,9H,1-4,6,13H2. The van der Waals surface area contributed by atoms with Crippen LogP contribution in [0, 0.1) is 0 Å². The highest BCUT2D eigenvalue weighted by molar-refractivity contribution is 7.11. The lowest BCUT2D eigenvalue weighted by atomic mass is 9.88. The van der Waals surface area contributed by atoms with E-state index in [2.05, 4.69) is 21.6 Å². The molecule has 0 aliphatic heterocycles. The lowest BCUT2D eigenvalue weighted by Crippen LogP contribution is -2.08. The predicted octanol–water partition coefficient (Wildman–Crippen LogP) is 2.57. The van der Waals surface area contributed by atoms with Gasteiger partial charge in [0, 0.05) is 17.2 Å². The molecule has 3 rings (SSSR count). The monoisotopic (exact) mass is 265 g/mol. The molecule has 0 fully saturated rings. The number of hydrogen-bond donors (Lipinski definition) is 1. The molecule has 1 aliphatic carbocycles. The zero-order valence-electron chi connectivity index (χ0n) is 9.56. The van der Waals surface area contributed by atoms with E-state index >= 15 is 0 Å². The number of thiophene rings is 1. The summed E-state index contributed by atoms with van der Waals surface area (Å²) in [6.07, 6.45) is 4.56. The molecule has 1 unspecified atom stereocenters. The zero-order valence-corrected chi connectivity index (χ0v) is 11.2. The molecule has 3 nitrogen and oxygen atoms in total. The minimum atomic E-state index is 0.481. The van der Waals surface area contributed by atoms with E-state index in [0.717, 1.165) is 11.4 Å². The van der Waals surface area contributed by atoms with Gasteiger partial charge in [0.15, 0.2) is 0 Å². The molecule has 1 atom stereocenters. The van der Waals surface area contributed by atoms with Crippen LogP contribution in [0.15, 0.2) is 11.4 Å². The molecule has 2 N–H and O–H groups in total. The Morgan fingerprint density at radius 1 is 1.41 bits per heavy atom. The molecule has 0 aromatic carbocycles. The van der Waals surface area contributed by atoms with Crippen LogP contribution in [-0.2, 0) is 12.8 Å². The lowest BCUT2D eigenvalue weighted by Gasteiger charge is -2.19. The summed E-state index contributed by atoms with van der Waals surface area (Å²) in [4.78, 5) is 1.54.